The number of anilines is 1. The zero-order valence-corrected chi connectivity index (χ0v) is 11.0. The molecule has 0 radical (unpaired) electrons. The van der Waals surface area contributed by atoms with E-state index in [0.717, 1.165) is 6.54 Å². The standard InChI is InChI=1S/C9H18N4O3S/c1-4-10-5-8-12-13-9(16-8)11-7(2)6-17(3,14)15/h7,10H,4-6H2,1-3H3,(H,11,13). The molecule has 7 nitrogen and oxygen atoms in total. The largest absolute Gasteiger partial charge is 0.407 e. The van der Waals surface area contributed by atoms with Crippen LogP contribution < -0.4 is 10.6 Å². The van der Waals surface area contributed by atoms with Gasteiger partial charge in [0.1, 0.15) is 9.84 Å². The van der Waals surface area contributed by atoms with E-state index in [0.29, 0.717) is 12.4 Å². The minimum absolute atomic E-state index is 0.0257. The molecule has 0 saturated heterocycles. The molecule has 0 aliphatic carbocycles. The van der Waals surface area contributed by atoms with Crippen LogP contribution in [0.3, 0.4) is 0 Å². The van der Waals surface area contributed by atoms with E-state index in [-0.39, 0.29) is 17.8 Å². The molecule has 1 heterocycles. The third-order valence-electron chi connectivity index (χ3n) is 1.92. The Labute approximate surface area is 101 Å². The molecule has 1 unspecified atom stereocenters. The molecule has 0 spiro atoms. The van der Waals surface area contributed by atoms with Gasteiger partial charge in [-0.25, -0.2) is 8.42 Å². The molecule has 17 heavy (non-hydrogen) atoms. The van der Waals surface area contributed by atoms with Crippen LogP contribution in [0.1, 0.15) is 19.7 Å². The molecule has 8 heteroatoms. The molecule has 0 aromatic carbocycles. The van der Waals surface area contributed by atoms with Crippen LogP contribution in [0, 0.1) is 0 Å². The van der Waals surface area contributed by atoms with Crippen molar-refractivity contribution in [3.63, 3.8) is 0 Å². The number of rotatable bonds is 7. The summed E-state index contributed by atoms with van der Waals surface area (Å²) in [7, 11) is -3.02. The zero-order chi connectivity index (χ0) is 12.9. The van der Waals surface area contributed by atoms with Crippen LogP contribution in [-0.2, 0) is 16.4 Å². The van der Waals surface area contributed by atoms with Crippen LogP contribution in [-0.4, -0.2) is 43.2 Å². The predicted octanol–water partition coefficient (Wildman–Crippen LogP) is 0.0241. The Balaban J connectivity index is 2.48. The normalized spacial score (nSPS) is 13.6. The first-order chi connectivity index (χ1) is 7.90. The van der Waals surface area contributed by atoms with Crippen LogP contribution >= 0.6 is 0 Å². The molecule has 0 aliphatic rings. The highest BCUT2D eigenvalue weighted by Gasteiger charge is 2.13. The van der Waals surface area contributed by atoms with Gasteiger partial charge in [-0.05, 0) is 13.5 Å². The monoisotopic (exact) mass is 262 g/mol. The van der Waals surface area contributed by atoms with Gasteiger partial charge < -0.3 is 15.1 Å². The van der Waals surface area contributed by atoms with Crippen LogP contribution in [0.15, 0.2) is 4.42 Å². The van der Waals surface area contributed by atoms with Gasteiger partial charge in [-0.3, -0.25) is 0 Å². The van der Waals surface area contributed by atoms with Crippen molar-refractivity contribution in [1.29, 1.82) is 0 Å². The van der Waals surface area contributed by atoms with E-state index in [1.807, 2.05) is 6.92 Å². The lowest BCUT2D eigenvalue weighted by molar-refractivity contribution is 0.479. The maximum absolute atomic E-state index is 11.1. The van der Waals surface area contributed by atoms with Gasteiger partial charge in [-0.2, -0.15) is 0 Å². The Hall–Kier alpha value is -1.15. The van der Waals surface area contributed by atoms with E-state index in [4.69, 9.17) is 4.42 Å². The van der Waals surface area contributed by atoms with Gasteiger partial charge in [0, 0.05) is 12.3 Å². The Bertz CT molecular complexity index is 443. The number of aromatic nitrogens is 2. The van der Waals surface area contributed by atoms with Crippen molar-refractivity contribution in [1.82, 2.24) is 15.5 Å². The molecular formula is C9H18N4O3S. The van der Waals surface area contributed by atoms with Crippen LogP contribution in [0.4, 0.5) is 6.01 Å². The highest BCUT2D eigenvalue weighted by atomic mass is 32.2. The summed E-state index contributed by atoms with van der Waals surface area (Å²) in [6.45, 7) is 5.04. The van der Waals surface area contributed by atoms with Gasteiger partial charge in [0.25, 0.3) is 0 Å². The van der Waals surface area contributed by atoms with Crippen molar-refractivity contribution >= 4 is 15.9 Å². The number of sulfone groups is 1. The summed E-state index contributed by atoms with van der Waals surface area (Å²) in [5.41, 5.74) is 0. The molecule has 0 bridgehead atoms. The fourth-order valence-electron chi connectivity index (χ4n) is 1.32. The minimum Gasteiger partial charge on any atom is -0.407 e. The van der Waals surface area contributed by atoms with Crippen LogP contribution in [0.5, 0.6) is 0 Å². The summed E-state index contributed by atoms with van der Waals surface area (Å²) < 4.78 is 27.4. The quantitative estimate of drug-likeness (QED) is 0.715. The van der Waals surface area contributed by atoms with E-state index < -0.39 is 9.84 Å². The predicted molar refractivity (Wildman–Crippen MR) is 64.5 cm³/mol. The summed E-state index contributed by atoms with van der Waals surface area (Å²) >= 11 is 0. The zero-order valence-electron chi connectivity index (χ0n) is 10.2. The van der Waals surface area contributed by atoms with Crippen LogP contribution in [0.2, 0.25) is 0 Å². The first-order valence-corrected chi connectivity index (χ1v) is 7.44. The summed E-state index contributed by atoms with van der Waals surface area (Å²) in [5, 5.41) is 13.5. The van der Waals surface area contributed by atoms with E-state index in [1.165, 1.54) is 6.26 Å². The molecule has 98 valence electrons. The van der Waals surface area contributed by atoms with Gasteiger partial charge in [-0.15, -0.1) is 5.10 Å². The summed E-state index contributed by atoms with van der Waals surface area (Å²) in [5.74, 6) is 0.499. The molecular weight excluding hydrogens is 244 g/mol. The Morgan fingerprint density at radius 2 is 2.12 bits per heavy atom. The van der Waals surface area contributed by atoms with E-state index in [9.17, 15) is 8.42 Å². The lowest BCUT2D eigenvalue weighted by atomic mass is 10.4. The number of nitrogens with zero attached hydrogens (tertiary/aromatic N) is 2. The third-order valence-corrected chi connectivity index (χ3v) is 3.02. The van der Waals surface area contributed by atoms with Crippen molar-refractivity contribution in [3.8, 4) is 0 Å². The highest BCUT2D eigenvalue weighted by molar-refractivity contribution is 7.90. The molecule has 0 saturated carbocycles. The topological polar surface area (TPSA) is 97.1 Å². The van der Waals surface area contributed by atoms with E-state index in [2.05, 4.69) is 20.8 Å². The maximum Gasteiger partial charge on any atom is 0.315 e. The van der Waals surface area contributed by atoms with Gasteiger partial charge in [-0.1, -0.05) is 12.0 Å². The molecule has 0 aliphatic heterocycles. The van der Waals surface area contributed by atoms with Gasteiger partial charge >= 0.3 is 6.01 Å². The van der Waals surface area contributed by atoms with Crippen molar-refractivity contribution in [2.24, 2.45) is 0 Å². The fourth-order valence-corrected chi connectivity index (χ4v) is 2.31. The molecule has 1 rings (SSSR count). The lowest BCUT2D eigenvalue weighted by Gasteiger charge is -2.09. The van der Waals surface area contributed by atoms with Gasteiger partial charge in [0.2, 0.25) is 5.89 Å². The second kappa shape index (κ2) is 5.97. The average molecular weight is 262 g/mol. The molecule has 0 fully saturated rings. The van der Waals surface area contributed by atoms with E-state index >= 15 is 0 Å². The van der Waals surface area contributed by atoms with E-state index in [1.54, 1.807) is 6.92 Å². The second-order valence-corrected chi connectivity index (χ2v) is 6.10. The molecule has 1 atom stereocenters. The fraction of sp³-hybridized carbons (Fsp3) is 0.778. The highest BCUT2D eigenvalue weighted by Crippen LogP contribution is 2.07. The van der Waals surface area contributed by atoms with Gasteiger partial charge in [0.05, 0.1) is 12.3 Å². The van der Waals surface area contributed by atoms with Crippen molar-refractivity contribution < 1.29 is 12.8 Å². The van der Waals surface area contributed by atoms with Crippen LogP contribution in [0.25, 0.3) is 0 Å². The van der Waals surface area contributed by atoms with Gasteiger partial charge in [0.15, 0.2) is 0 Å². The van der Waals surface area contributed by atoms with Crippen molar-refractivity contribution in [2.45, 2.75) is 26.4 Å². The SMILES string of the molecule is CCNCc1nnc(NC(C)CS(C)(=O)=O)o1. The summed E-state index contributed by atoms with van der Waals surface area (Å²) in [4.78, 5) is 0. The number of nitrogens with one attached hydrogen (secondary N) is 2. The number of hydrogen-bond donors (Lipinski definition) is 2. The summed E-state index contributed by atoms with van der Waals surface area (Å²) in [6, 6.07) is -0.0218. The first kappa shape index (κ1) is 13.9. The molecule has 0 amide bonds. The Morgan fingerprint density at radius 3 is 2.71 bits per heavy atom. The van der Waals surface area contributed by atoms with Crippen molar-refractivity contribution in [2.75, 3.05) is 23.9 Å². The first-order valence-electron chi connectivity index (χ1n) is 5.38. The molecule has 1 aromatic rings. The number of hydrogen-bond acceptors (Lipinski definition) is 7. The molecule has 1 aromatic heterocycles. The molecule has 2 N–H and O–H groups in total. The third kappa shape index (κ3) is 5.64. The minimum atomic E-state index is -3.02. The summed E-state index contributed by atoms with van der Waals surface area (Å²) in [6.07, 6.45) is 1.19. The Morgan fingerprint density at radius 1 is 1.41 bits per heavy atom. The smallest absolute Gasteiger partial charge is 0.315 e. The van der Waals surface area contributed by atoms with Crippen molar-refractivity contribution in [3.05, 3.63) is 5.89 Å². The average Bonchev–Trinajstić information content (AvgIpc) is 2.59. The maximum atomic E-state index is 11.1. The Kier molecular flexibility index (Phi) is 4.88. The lowest BCUT2D eigenvalue weighted by Crippen LogP contribution is -2.25. The second-order valence-electron chi connectivity index (χ2n) is 3.92.